The number of hydrogen-bond donors (Lipinski definition) is 0. The van der Waals surface area contributed by atoms with Gasteiger partial charge in [-0.15, -0.1) is 0 Å². The van der Waals surface area contributed by atoms with Crippen LogP contribution in [0.1, 0.15) is 6.92 Å². The molecule has 0 aromatic carbocycles. The van der Waals surface area contributed by atoms with E-state index >= 15 is 0 Å². The smallest absolute Gasteiger partial charge is 0.334 e. The maximum atomic E-state index is 11.1. The molecule has 0 radical (unpaired) electrons. The van der Waals surface area contributed by atoms with Gasteiger partial charge in [-0.1, -0.05) is 5.92 Å². The molecule has 2 aromatic rings. The zero-order valence-corrected chi connectivity index (χ0v) is 9.91. The normalized spacial score (nSPS) is 10.9. The molecule has 18 heavy (non-hydrogen) atoms. The van der Waals surface area contributed by atoms with Crippen LogP contribution < -0.4 is 0 Å². The Kier molecular flexibility index (Phi) is 3.34. The third-order valence-electron chi connectivity index (χ3n) is 2.19. The van der Waals surface area contributed by atoms with Gasteiger partial charge in [-0.3, -0.25) is 0 Å². The summed E-state index contributed by atoms with van der Waals surface area (Å²) < 4.78 is 6.12. The van der Waals surface area contributed by atoms with E-state index < -0.39 is 5.97 Å². The fourth-order valence-corrected chi connectivity index (χ4v) is 1.28. The highest BCUT2D eigenvalue weighted by Crippen LogP contribution is 2.05. The molecule has 0 aliphatic heterocycles. The minimum Gasteiger partial charge on any atom is -0.466 e. The van der Waals surface area contributed by atoms with Crippen LogP contribution in [0.2, 0.25) is 0 Å². The van der Waals surface area contributed by atoms with Gasteiger partial charge >= 0.3 is 5.97 Å². The van der Waals surface area contributed by atoms with Crippen LogP contribution in [-0.4, -0.2) is 32.6 Å². The first-order valence-electron chi connectivity index (χ1n) is 5.12. The molecule has 0 saturated heterocycles. The van der Waals surface area contributed by atoms with Crippen LogP contribution in [0.15, 0.2) is 30.5 Å². The van der Waals surface area contributed by atoms with Crippen molar-refractivity contribution in [3.05, 3.63) is 30.5 Å². The van der Waals surface area contributed by atoms with Crippen molar-refractivity contribution in [2.75, 3.05) is 7.11 Å². The van der Waals surface area contributed by atoms with Crippen LogP contribution in [0.5, 0.6) is 0 Å². The number of hydrogen-bond acceptors (Lipinski definition) is 5. The highest BCUT2D eigenvalue weighted by molar-refractivity contribution is 5.88. The summed E-state index contributed by atoms with van der Waals surface area (Å²) in [6.07, 6.45) is 6.07. The molecule has 0 atom stereocenters. The number of allylic oxidation sites excluding steroid dienone is 1. The molecule has 2 rings (SSSR count). The zero-order chi connectivity index (χ0) is 13.0. The van der Waals surface area contributed by atoms with Gasteiger partial charge in [0.1, 0.15) is 18.2 Å². The minimum atomic E-state index is -0.401. The van der Waals surface area contributed by atoms with E-state index in [0.29, 0.717) is 16.7 Å². The average Bonchev–Trinajstić information content (AvgIpc) is 2.81. The molecule has 0 fully saturated rings. The Bertz CT molecular complexity index is 676. The molecule has 0 saturated carbocycles. The number of carbonyl (C=O) groups excluding carboxylic acids is 1. The van der Waals surface area contributed by atoms with Crippen LogP contribution in [0.4, 0.5) is 0 Å². The van der Waals surface area contributed by atoms with E-state index in [2.05, 4.69) is 31.7 Å². The van der Waals surface area contributed by atoms with Gasteiger partial charge in [-0.05, 0) is 6.92 Å². The van der Waals surface area contributed by atoms with Crippen LogP contribution in [0.25, 0.3) is 11.2 Å². The summed E-state index contributed by atoms with van der Waals surface area (Å²) in [5.41, 5.74) is 1.73. The fourth-order valence-electron chi connectivity index (χ4n) is 1.28. The Balaban J connectivity index is 2.28. The van der Waals surface area contributed by atoms with Gasteiger partial charge < -0.3 is 4.74 Å². The number of aromatic nitrogens is 4. The lowest BCUT2D eigenvalue weighted by atomic mass is 10.3. The Labute approximate surface area is 103 Å². The summed E-state index contributed by atoms with van der Waals surface area (Å²) >= 11 is 0. The first-order valence-corrected chi connectivity index (χ1v) is 5.12. The molecule has 2 heterocycles. The van der Waals surface area contributed by atoms with Gasteiger partial charge in [0.2, 0.25) is 0 Å². The molecule has 6 nitrogen and oxygen atoms in total. The van der Waals surface area contributed by atoms with Crippen molar-refractivity contribution in [2.24, 2.45) is 0 Å². The third kappa shape index (κ3) is 2.35. The second kappa shape index (κ2) is 5.10. The van der Waals surface area contributed by atoms with Crippen LogP contribution in [0.3, 0.4) is 0 Å². The van der Waals surface area contributed by atoms with E-state index in [1.54, 1.807) is 24.0 Å². The number of methoxy groups -OCH3 is 1. The van der Waals surface area contributed by atoms with Crippen molar-refractivity contribution in [3.8, 4) is 12.0 Å². The third-order valence-corrected chi connectivity index (χ3v) is 2.19. The average molecular weight is 242 g/mol. The van der Waals surface area contributed by atoms with Gasteiger partial charge in [0.05, 0.1) is 13.3 Å². The van der Waals surface area contributed by atoms with E-state index in [4.69, 9.17) is 0 Å². The summed E-state index contributed by atoms with van der Waals surface area (Å²) in [7, 11) is 1.33. The fraction of sp³-hybridized carbons (Fsp3) is 0.167. The standard InChI is InChI=1S/C12H10N4O2/c1-9(12(17)18-2)4-3-5-16-8-15-10-6-13-7-14-11(10)16/h4,6-8H,1-2H3/b9-4+. The molecule has 0 spiro atoms. The monoisotopic (exact) mass is 242 g/mol. The van der Waals surface area contributed by atoms with E-state index in [-0.39, 0.29) is 0 Å². The molecule has 0 aliphatic carbocycles. The van der Waals surface area contributed by atoms with Crippen molar-refractivity contribution >= 4 is 17.1 Å². The van der Waals surface area contributed by atoms with Crippen molar-refractivity contribution < 1.29 is 9.53 Å². The summed E-state index contributed by atoms with van der Waals surface area (Å²) in [4.78, 5) is 23.1. The van der Waals surface area contributed by atoms with E-state index in [1.807, 2.05) is 0 Å². The molecule has 0 aliphatic rings. The van der Waals surface area contributed by atoms with E-state index in [1.165, 1.54) is 19.5 Å². The molecule has 0 amide bonds. The SMILES string of the molecule is COC(=O)/C(C)=C/C#Cn1cnc2cncnc21. The number of fused-ring (bicyclic) bond motifs is 1. The highest BCUT2D eigenvalue weighted by atomic mass is 16.5. The number of nitrogens with zero attached hydrogens (tertiary/aromatic N) is 4. The van der Waals surface area contributed by atoms with Crippen LogP contribution in [-0.2, 0) is 9.53 Å². The molecule has 0 bridgehead atoms. The van der Waals surface area contributed by atoms with E-state index in [0.717, 1.165) is 0 Å². The number of carbonyl (C=O) groups is 1. The Hall–Kier alpha value is -2.68. The first kappa shape index (κ1) is 11.8. The van der Waals surface area contributed by atoms with Gasteiger partial charge in [0.25, 0.3) is 0 Å². The number of imidazole rings is 1. The lowest BCUT2D eigenvalue weighted by molar-refractivity contribution is -0.136. The molecular weight excluding hydrogens is 232 g/mol. The minimum absolute atomic E-state index is 0.401. The molecular formula is C12H10N4O2. The molecule has 2 aromatic heterocycles. The predicted molar refractivity (Wildman–Crippen MR) is 64.3 cm³/mol. The predicted octanol–water partition coefficient (Wildman–Crippen LogP) is 0.755. The van der Waals surface area contributed by atoms with Crippen molar-refractivity contribution in [1.82, 2.24) is 19.5 Å². The summed E-state index contributed by atoms with van der Waals surface area (Å²) in [5, 5.41) is 0. The van der Waals surface area contributed by atoms with Crippen molar-refractivity contribution in [3.63, 3.8) is 0 Å². The van der Waals surface area contributed by atoms with Crippen LogP contribution in [0, 0.1) is 12.0 Å². The largest absolute Gasteiger partial charge is 0.466 e. The number of rotatable bonds is 1. The van der Waals surface area contributed by atoms with Gasteiger partial charge in [0, 0.05) is 17.7 Å². The topological polar surface area (TPSA) is 69.9 Å². The maximum Gasteiger partial charge on any atom is 0.334 e. The second-order valence-corrected chi connectivity index (χ2v) is 3.42. The zero-order valence-electron chi connectivity index (χ0n) is 9.91. The maximum absolute atomic E-state index is 11.1. The highest BCUT2D eigenvalue weighted by Gasteiger charge is 2.01. The Morgan fingerprint density at radius 3 is 3.11 bits per heavy atom. The quantitative estimate of drug-likeness (QED) is 0.419. The van der Waals surface area contributed by atoms with Gasteiger partial charge in [-0.25, -0.2) is 24.3 Å². The summed E-state index contributed by atoms with van der Waals surface area (Å²) in [6, 6.07) is 2.81. The van der Waals surface area contributed by atoms with Gasteiger partial charge in [-0.2, -0.15) is 0 Å². The first-order chi connectivity index (χ1) is 8.72. The molecule has 6 heteroatoms. The Morgan fingerprint density at radius 1 is 1.50 bits per heavy atom. The lowest BCUT2D eigenvalue weighted by Crippen LogP contribution is -2.00. The second-order valence-electron chi connectivity index (χ2n) is 3.42. The van der Waals surface area contributed by atoms with Crippen molar-refractivity contribution in [2.45, 2.75) is 6.92 Å². The summed E-state index contributed by atoms with van der Waals surface area (Å²) in [5.74, 6) is 2.34. The Morgan fingerprint density at radius 2 is 2.33 bits per heavy atom. The molecule has 0 unspecified atom stereocenters. The van der Waals surface area contributed by atoms with Crippen LogP contribution >= 0.6 is 0 Å². The summed E-state index contributed by atoms with van der Waals surface area (Å²) in [6.45, 7) is 1.63. The van der Waals surface area contributed by atoms with E-state index in [9.17, 15) is 4.79 Å². The number of esters is 1. The number of ether oxygens (including phenoxy) is 1. The lowest BCUT2D eigenvalue weighted by Gasteiger charge is -1.94. The molecule has 0 N–H and O–H groups in total. The van der Waals surface area contributed by atoms with Gasteiger partial charge in [0.15, 0.2) is 5.65 Å². The molecule has 90 valence electrons. The van der Waals surface area contributed by atoms with Crippen molar-refractivity contribution in [1.29, 1.82) is 0 Å².